The van der Waals surface area contributed by atoms with Crippen LogP contribution in [0.1, 0.15) is 182 Å². The number of halogens is 2. The molecule has 10 aliphatic rings. The molecule has 4 unspecified atom stereocenters. The largest absolute Gasteiger partial charge is 0.481 e. The molecule has 2 aromatic carbocycles. The number of fused-ring (bicyclic) bond motifs is 2. The molecule has 4 atom stereocenters. The molecule has 10 heteroatoms. The highest BCUT2D eigenvalue weighted by molar-refractivity contribution is 6.31. The van der Waals surface area contributed by atoms with Gasteiger partial charge in [0.15, 0.2) is 0 Å². The Morgan fingerprint density at radius 2 is 1.00 bits per heavy atom. The molecule has 8 fully saturated rings. The second kappa shape index (κ2) is 15.9. The van der Waals surface area contributed by atoms with Crippen molar-refractivity contribution in [1.29, 1.82) is 0 Å². The highest BCUT2D eigenvalue weighted by atomic mass is 35.5. The molecule has 2 aromatic rings. The van der Waals surface area contributed by atoms with Crippen molar-refractivity contribution in [3.8, 4) is 0 Å². The summed E-state index contributed by atoms with van der Waals surface area (Å²) in [6.07, 6.45) is 15.0. The van der Waals surface area contributed by atoms with E-state index in [1.165, 1.54) is 34.9 Å². The van der Waals surface area contributed by atoms with Gasteiger partial charge in [-0.2, -0.15) is 0 Å². The molecule has 0 radical (unpaired) electrons. The quantitative estimate of drug-likeness (QED) is 0.238. The number of carboxylic acid groups (broad SMARTS) is 1. The summed E-state index contributed by atoms with van der Waals surface area (Å²) in [6, 6.07) is 13.0. The first kappa shape index (κ1) is 50.3. The van der Waals surface area contributed by atoms with Crippen molar-refractivity contribution in [3.05, 3.63) is 92.2 Å². The topological polar surface area (TPSA) is 104 Å². The number of esters is 1. The van der Waals surface area contributed by atoms with Crippen LogP contribution in [-0.2, 0) is 47.6 Å². The van der Waals surface area contributed by atoms with Crippen LogP contribution in [0.25, 0.3) is 0 Å². The summed E-state index contributed by atoms with van der Waals surface area (Å²) in [4.78, 5) is 55.2. The van der Waals surface area contributed by atoms with E-state index in [0.717, 1.165) is 73.4 Å². The van der Waals surface area contributed by atoms with Crippen molar-refractivity contribution in [3.63, 3.8) is 0 Å². The minimum atomic E-state index is -0.711. The van der Waals surface area contributed by atoms with E-state index in [-0.39, 0.29) is 66.8 Å². The normalized spacial score (nSPS) is 35.5. The zero-order chi connectivity index (χ0) is 50.5. The number of hydrogen-bond donors (Lipinski definition) is 1. The van der Waals surface area contributed by atoms with Crippen LogP contribution in [-0.4, -0.2) is 56.8 Å². The van der Waals surface area contributed by atoms with Crippen molar-refractivity contribution in [2.24, 2.45) is 44.3 Å². The van der Waals surface area contributed by atoms with Gasteiger partial charge < -0.3 is 19.6 Å². The van der Waals surface area contributed by atoms with Gasteiger partial charge in [0.05, 0.1) is 29.0 Å². The standard InChI is InChI=1S/C30H40ClNO3.C29H38ClNO3/c1-19-22-14-32(29-16-28(17-29,18-29)25(34)35-7)24(33)13-30(22,15-27(19,5)6)21-9-8-20(23(31)12-21)10-11-26(2,3)4;1-18-21-13-31(28-15-27(16-28,17-28)24(33)34)23(32)12-29(21,14-26(18,5)6)20-8-7-19(22(30)11-20)9-10-25(2,3)4/h8-9,12,14,19H,10-11,13,15-18H2,1-7H3;7-8,11,13,18H,9-10,12,14-17H2,1-6H3,(H,33,34). The van der Waals surface area contributed by atoms with E-state index in [9.17, 15) is 24.3 Å². The zero-order valence-corrected chi connectivity index (χ0v) is 45.3. The van der Waals surface area contributed by atoms with E-state index < -0.39 is 11.4 Å². The lowest BCUT2D eigenvalue weighted by Crippen LogP contribution is -2.77. The van der Waals surface area contributed by atoms with Gasteiger partial charge in [-0.3, -0.25) is 19.2 Å². The predicted octanol–water partition coefficient (Wildman–Crippen LogP) is 13.6. The molecule has 8 aliphatic carbocycles. The molecule has 0 saturated heterocycles. The third-order valence-corrected chi connectivity index (χ3v) is 20.2. The number of ether oxygens (including phenoxy) is 1. The van der Waals surface area contributed by atoms with Gasteiger partial charge in [-0.05, 0) is 156 Å². The van der Waals surface area contributed by atoms with Crippen molar-refractivity contribution in [2.75, 3.05) is 7.11 Å². The van der Waals surface area contributed by atoms with Crippen LogP contribution in [0.5, 0.6) is 0 Å². The Hall–Kier alpha value is -3.62. The maximum Gasteiger partial charge on any atom is 0.312 e. The van der Waals surface area contributed by atoms with Gasteiger partial charge >= 0.3 is 11.9 Å². The van der Waals surface area contributed by atoms with Gasteiger partial charge in [0.25, 0.3) is 0 Å². The highest BCUT2D eigenvalue weighted by Gasteiger charge is 2.77. The number of benzene rings is 2. The first-order chi connectivity index (χ1) is 31.8. The van der Waals surface area contributed by atoms with E-state index in [4.69, 9.17) is 27.9 Å². The molecule has 2 amide bonds. The monoisotopic (exact) mass is 981 g/mol. The number of aryl methyl sites for hydroxylation is 2. The van der Waals surface area contributed by atoms with E-state index in [0.29, 0.717) is 43.9 Å². The van der Waals surface area contributed by atoms with E-state index in [2.05, 4.69) is 132 Å². The van der Waals surface area contributed by atoms with Gasteiger partial charge in [-0.25, -0.2) is 0 Å². The fourth-order valence-corrected chi connectivity index (χ4v) is 15.5. The van der Waals surface area contributed by atoms with Gasteiger partial charge in [-0.15, -0.1) is 0 Å². The summed E-state index contributed by atoms with van der Waals surface area (Å²) in [7, 11) is 1.46. The van der Waals surface area contributed by atoms with Crippen molar-refractivity contribution >= 4 is 47.0 Å². The third kappa shape index (κ3) is 7.87. The summed E-state index contributed by atoms with van der Waals surface area (Å²) in [5, 5.41) is 11.2. The summed E-state index contributed by atoms with van der Waals surface area (Å²) < 4.78 is 5.03. The fraction of sp³-hybridized carbons (Fsp3) is 0.661. The Labute approximate surface area is 422 Å². The average molecular weight is 982 g/mol. The number of amides is 2. The van der Waals surface area contributed by atoms with Crippen molar-refractivity contribution < 1.29 is 29.0 Å². The number of carbonyl (C=O) groups excluding carboxylic acids is 3. The number of aliphatic carboxylic acids is 1. The molecule has 0 spiro atoms. The molecular formula is C59H78Cl2N2O6. The Morgan fingerprint density at radius 3 is 1.32 bits per heavy atom. The van der Waals surface area contributed by atoms with Crippen LogP contribution in [0.4, 0.5) is 0 Å². The highest BCUT2D eigenvalue weighted by Crippen LogP contribution is 2.73. The summed E-state index contributed by atoms with van der Waals surface area (Å²) in [5.74, 6) is 0.132. The Kier molecular flexibility index (Phi) is 11.6. The lowest BCUT2D eigenvalue weighted by atomic mass is 9.38. The molecule has 4 bridgehead atoms. The summed E-state index contributed by atoms with van der Waals surface area (Å²) >= 11 is 13.7. The first-order valence-corrected chi connectivity index (χ1v) is 26.5. The molecule has 374 valence electrons. The van der Waals surface area contributed by atoms with Crippen LogP contribution in [0.15, 0.2) is 59.9 Å². The van der Waals surface area contributed by atoms with E-state index in [1.807, 2.05) is 9.80 Å². The number of nitrogens with zero attached hydrogens (tertiary/aromatic N) is 2. The van der Waals surface area contributed by atoms with Crippen LogP contribution in [0.2, 0.25) is 10.0 Å². The van der Waals surface area contributed by atoms with Crippen LogP contribution in [0.3, 0.4) is 0 Å². The number of carbonyl (C=O) groups is 4. The fourth-order valence-electron chi connectivity index (χ4n) is 14.9. The van der Waals surface area contributed by atoms with Crippen LogP contribution < -0.4 is 0 Å². The molecule has 8 nitrogen and oxygen atoms in total. The molecular weight excluding hydrogens is 904 g/mol. The first-order valence-electron chi connectivity index (χ1n) is 25.8. The summed E-state index contributed by atoms with van der Waals surface area (Å²) in [5.41, 5.74) is 5.88. The predicted molar refractivity (Wildman–Crippen MR) is 274 cm³/mol. The molecule has 12 rings (SSSR count). The Morgan fingerprint density at radius 1 is 0.638 bits per heavy atom. The maximum absolute atomic E-state index is 13.7. The van der Waals surface area contributed by atoms with Crippen molar-refractivity contribution in [1.82, 2.24) is 9.80 Å². The second-order valence-corrected chi connectivity index (χ2v) is 28.4. The zero-order valence-electron chi connectivity index (χ0n) is 43.8. The SMILES string of the molecule is CC1C2=CN(C34CC(C(=O)O)(C3)C4)C(=O)CC2(c2ccc(CCC(C)(C)C)c(Cl)c2)CC1(C)C.COC(=O)C12CC(N3C=C4C(C)C(C)(C)CC4(c4ccc(CCC(C)(C)C)c(Cl)c4)CC3=O)(C1)C2. The van der Waals surface area contributed by atoms with E-state index >= 15 is 0 Å². The van der Waals surface area contributed by atoms with Gasteiger partial charge in [0, 0.05) is 46.1 Å². The Balaban J connectivity index is 0.000000172. The van der Waals surface area contributed by atoms with Crippen LogP contribution in [0, 0.1) is 44.3 Å². The number of allylic oxidation sites excluding steroid dienone is 2. The average Bonchev–Trinajstić information content (AvgIpc) is 3.51. The Bertz CT molecular complexity index is 2550. The van der Waals surface area contributed by atoms with Gasteiger partial charge in [-0.1, -0.05) is 131 Å². The lowest BCUT2D eigenvalue weighted by molar-refractivity contribution is -0.226. The lowest BCUT2D eigenvalue weighted by Gasteiger charge is -2.71. The molecule has 0 aromatic heterocycles. The summed E-state index contributed by atoms with van der Waals surface area (Å²) in [6.45, 7) is 27.3. The van der Waals surface area contributed by atoms with E-state index in [1.54, 1.807) is 0 Å². The number of carboxylic acids is 1. The third-order valence-electron chi connectivity index (χ3n) is 19.5. The molecule has 2 heterocycles. The number of hydrogen-bond acceptors (Lipinski definition) is 5. The number of methoxy groups -OCH3 is 1. The smallest absolute Gasteiger partial charge is 0.312 e. The molecule has 69 heavy (non-hydrogen) atoms. The maximum atomic E-state index is 13.7. The van der Waals surface area contributed by atoms with Gasteiger partial charge in [0.2, 0.25) is 11.8 Å². The second-order valence-electron chi connectivity index (χ2n) is 27.6. The minimum Gasteiger partial charge on any atom is -0.481 e. The molecule has 8 saturated carbocycles. The van der Waals surface area contributed by atoms with Gasteiger partial charge in [0.1, 0.15) is 0 Å². The molecule has 2 aliphatic heterocycles. The molecule has 1 N–H and O–H groups in total. The van der Waals surface area contributed by atoms with Crippen LogP contribution >= 0.6 is 23.2 Å². The minimum absolute atomic E-state index is 0.0568. The van der Waals surface area contributed by atoms with Crippen molar-refractivity contribution in [2.45, 2.75) is 195 Å². The number of rotatable bonds is 10.